The maximum Gasteiger partial charge on any atom is 0.225 e. The third-order valence-electron chi connectivity index (χ3n) is 3.05. The fraction of sp³-hybridized carbons (Fsp3) is 0.643. The summed E-state index contributed by atoms with van der Waals surface area (Å²) in [5.74, 6) is 1.37. The van der Waals surface area contributed by atoms with Crippen molar-refractivity contribution in [1.29, 1.82) is 0 Å². The highest BCUT2D eigenvalue weighted by Gasteiger charge is 2.20. The van der Waals surface area contributed by atoms with Gasteiger partial charge in [-0.25, -0.2) is 9.97 Å². The number of aromatic nitrogens is 2. The van der Waals surface area contributed by atoms with E-state index in [2.05, 4.69) is 32.4 Å². The standard InChI is InChI=1S/C14H22N4O2S/c1-14(2,3)20-11-8-15-13(16-9-11)18-6-4-17(5-7-18)10-12(19)21/h8-9H,4-7,10H2,1-3H3,(H,19,21). The molecule has 6 nitrogen and oxygen atoms in total. The summed E-state index contributed by atoms with van der Waals surface area (Å²) in [5.41, 5.74) is -0.254. The van der Waals surface area contributed by atoms with Gasteiger partial charge in [-0.2, -0.15) is 0 Å². The van der Waals surface area contributed by atoms with Gasteiger partial charge in [0.25, 0.3) is 0 Å². The van der Waals surface area contributed by atoms with E-state index in [1.807, 2.05) is 20.8 Å². The number of nitrogens with zero attached hydrogens (tertiary/aromatic N) is 4. The number of carbonyl (C=O) groups excluding carboxylic acids is 1. The van der Waals surface area contributed by atoms with Crippen LogP contribution in [-0.2, 0) is 4.79 Å². The molecule has 1 aliphatic rings. The van der Waals surface area contributed by atoms with Gasteiger partial charge in [0.15, 0.2) is 10.9 Å². The maximum absolute atomic E-state index is 11.0. The highest BCUT2D eigenvalue weighted by atomic mass is 32.1. The number of ether oxygens (including phenoxy) is 1. The molecule has 0 aromatic carbocycles. The Morgan fingerprint density at radius 1 is 1.24 bits per heavy atom. The zero-order valence-corrected chi connectivity index (χ0v) is 13.6. The van der Waals surface area contributed by atoms with Gasteiger partial charge >= 0.3 is 0 Å². The lowest BCUT2D eigenvalue weighted by molar-refractivity contribution is -0.111. The van der Waals surface area contributed by atoms with Crippen molar-refractivity contribution in [2.45, 2.75) is 26.4 Å². The molecule has 0 unspecified atom stereocenters. The van der Waals surface area contributed by atoms with Gasteiger partial charge in [0.1, 0.15) is 5.60 Å². The van der Waals surface area contributed by atoms with Gasteiger partial charge in [0.05, 0.1) is 18.9 Å². The molecule has 116 valence electrons. The molecule has 21 heavy (non-hydrogen) atoms. The normalized spacial score (nSPS) is 16.9. The monoisotopic (exact) mass is 310 g/mol. The van der Waals surface area contributed by atoms with Gasteiger partial charge in [-0.3, -0.25) is 9.69 Å². The molecule has 0 saturated carbocycles. The van der Waals surface area contributed by atoms with E-state index in [-0.39, 0.29) is 10.7 Å². The molecule has 2 rings (SSSR count). The van der Waals surface area contributed by atoms with Crippen LogP contribution in [0.5, 0.6) is 5.75 Å². The van der Waals surface area contributed by atoms with Gasteiger partial charge in [-0.1, -0.05) is 0 Å². The zero-order chi connectivity index (χ0) is 15.5. The van der Waals surface area contributed by atoms with Crippen molar-refractivity contribution >= 4 is 23.7 Å². The lowest BCUT2D eigenvalue weighted by Gasteiger charge is -2.34. The Hall–Kier alpha value is -1.34. The van der Waals surface area contributed by atoms with E-state index in [0.717, 1.165) is 26.2 Å². The topological polar surface area (TPSA) is 58.6 Å². The first-order chi connectivity index (χ1) is 9.83. The first-order valence-corrected chi connectivity index (χ1v) is 7.48. The lowest BCUT2D eigenvalue weighted by atomic mass is 10.2. The lowest BCUT2D eigenvalue weighted by Crippen LogP contribution is -2.48. The second kappa shape index (κ2) is 6.62. The Kier molecular flexibility index (Phi) is 5.05. The molecular formula is C14H22N4O2S. The summed E-state index contributed by atoms with van der Waals surface area (Å²) in [6.45, 7) is 9.61. The number of piperazine rings is 1. The smallest absolute Gasteiger partial charge is 0.225 e. The molecule has 2 heterocycles. The van der Waals surface area contributed by atoms with Crippen LogP contribution in [0.4, 0.5) is 5.95 Å². The van der Waals surface area contributed by atoms with Crippen molar-refractivity contribution in [1.82, 2.24) is 14.9 Å². The molecule has 0 radical (unpaired) electrons. The minimum absolute atomic E-state index is 0.0941. The Labute approximate surface area is 130 Å². The Morgan fingerprint density at radius 2 is 1.81 bits per heavy atom. The largest absolute Gasteiger partial charge is 0.485 e. The highest BCUT2D eigenvalue weighted by molar-refractivity contribution is 7.96. The number of anilines is 1. The third-order valence-corrected chi connectivity index (χ3v) is 3.19. The van der Waals surface area contributed by atoms with Gasteiger partial charge in [0, 0.05) is 26.2 Å². The zero-order valence-electron chi connectivity index (χ0n) is 12.7. The summed E-state index contributed by atoms with van der Waals surface area (Å²) >= 11 is 3.81. The van der Waals surface area contributed by atoms with E-state index >= 15 is 0 Å². The molecule has 0 atom stereocenters. The molecule has 1 aromatic heterocycles. The predicted octanol–water partition coefficient (Wildman–Crippen LogP) is 1.23. The number of carbonyl (C=O) groups is 1. The van der Waals surface area contributed by atoms with E-state index in [0.29, 0.717) is 18.2 Å². The molecule has 1 aliphatic heterocycles. The van der Waals surface area contributed by atoms with Gasteiger partial charge in [0.2, 0.25) is 5.95 Å². The van der Waals surface area contributed by atoms with Crippen LogP contribution in [0.1, 0.15) is 20.8 Å². The average Bonchev–Trinajstić information content (AvgIpc) is 2.38. The van der Waals surface area contributed by atoms with Crippen LogP contribution in [0, 0.1) is 0 Å². The van der Waals surface area contributed by atoms with E-state index in [1.165, 1.54) is 0 Å². The molecule has 0 N–H and O–H groups in total. The molecule has 0 amide bonds. The van der Waals surface area contributed by atoms with Crippen LogP contribution in [-0.4, -0.2) is 58.3 Å². The minimum Gasteiger partial charge on any atom is -0.485 e. The van der Waals surface area contributed by atoms with Crippen molar-refractivity contribution in [3.05, 3.63) is 12.4 Å². The Bertz CT molecular complexity index is 479. The second-order valence-corrected chi connectivity index (χ2v) is 6.59. The van der Waals surface area contributed by atoms with Crippen molar-refractivity contribution in [3.63, 3.8) is 0 Å². The van der Waals surface area contributed by atoms with Gasteiger partial charge in [-0.05, 0) is 20.8 Å². The predicted molar refractivity (Wildman–Crippen MR) is 85.1 cm³/mol. The SMILES string of the molecule is CC(C)(C)Oc1cnc(N2CCN(CC(=O)S)CC2)nc1. The van der Waals surface area contributed by atoms with E-state index in [1.54, 1.807) is 12.4 Å². The first-order valence-electron chi connectivity index (χ1n) is 7.04. The van der Waals surface area contributed by atoms with E-state index < -0.39 is 0 Å². The summed E-state index contributed by atoms with van der Waals surface area (Å²) in [6, 6.07) is 0. The molecular weight excluding hydrogens is 288 g/mol. The van der Waals surface area contributed by atoms with Crippen molar-refractivity contribution in [2.75, 3.05) is 37.6 Å². The number of rotatable bonds is 4. The molecule has 1 fully saturated rings. The van der Waals surface area contributed by atoms with Crippen LogP contribution in [0.2, 0.25) is 0 Å². The quantitative estimate of drug-likeness (QED) is 0.844. The van der Waals surface area contributed by atoms with Crippen molar-refractivity contribution in [2.24, 2.45) is 0 Å². The number of thiol groups is 1. The summed E-state index contributed by atoms with van der Waals surface area (Å²) in [5, 5.41) is -0.0941. The van der Waals surface area contributed by atoms with Crippen molar-refractivity contribution in [3.8, 4) is 5.75 Å². The second-order valence-electron chi connectivity index (χ2n) is 6.09. The summed E-state index contributed by atoms with van der Waals surface area (Å²) in [6.07, 6.45) is 3.41. The number of hydrogen-bond donors (Lipinski definition) is 1. The summed E-state index contributed by atoms with van der Waals surface area (Å²) < 4.78 is 5.71. The van der Waals surface area contributed by atoms with Gasteiger partial charge < -0.3 is 9.64 Å². The molecule has 1 aromatic rings. The van der Waals surface area contributed by atoms with Crippen LogP contribution in [0.25, 0.3) is 0 Å². The van der Waals surface area contributed by atoms with Crippen LogP contribution < -0.4 is 9.64 Å². The van der Waals surface area contributed by atoms with Crippen LogP contribution in [0.15, 0.2) is 12.4 Å². The summed E-state index contributed by atoms with van der Waals surface area (Å²) in [7, 11) is 0. The fourth-order valence-electron chi connectivity index (χ4n) is 2.18. The van der Waals surface area contributed by atoms with Gasteiger partial charge in [-0.15, -0.1) is 12.6 Å². The highest BCUT2D eigenvalue weighted by Crippen LogP contribution is 2.18. The third kappa shape index (κ3) is 5.17. The average molecular weight is 310 g/mol. The Balaban J connectivity index is 1.90. The van der Waals surface area contributed by atoms with E-state index in [4.69, 9.17) is 4.74 Å². The fourth-order valence-corrected chi connectivity index (χ4v) is 2.38. The van der Waals surface area contributed by atoms with Crippen LogP contribution >= 0.6 is 12.6 Å². The maximum atomic E-state index is 11.0. The Morgan fingerprint density at radius 3 is 2.29 bits per heavy atom. The van der Waals surface area contributed by atoms with Crippen molar-refractivity contribution < 1.29 is 9.53 Å². The molecule has 0 spiro atoms. The molecule has 0 bridgehead atoms. The molecule has 1 saturated heterocycles. The number of hydrogen-bond acceptors (Lipinski definition) is 6. The first kappa shape index (κ1) is 16.0. The minimum atomic E-state index is -0.254. The molecule has 7 heteroatoms. The molecule has 0 aliphatic carbocycles. The summed E-state index contributed by atoms with van der Waals surface area (Å²) in [4.78, 5) is 23.9. The van der Waals surface area contributed by atoms with Crippen LogP contribution in [0.3, 0.4) is 0 Å². The van der Waals surface area contributed by atoms with E-state index in [9.17, 15) is 4.79 Å².